The molecule has 0 saturated heterocycles. The summed E-state index contributed by atoms with van der Waals surface area (Å²) in [5.74, 6) is 0.548. The molecule has 0 atom stereocenters. The molecule has 1 amide bonds. The highest BCUT2D eigenvalue weighted by atomic mass is 35.5. The van der Waals surface area contributed by atoms with E-state index < -0.39 is 0 Å². The zero-order chi connectivity index (χ0) is 15.4. The number of pyridine rings is 1. The maximum absolute atomic E-state index is 12.1. The number of rotatable bonds is 4. The van der Waals surface area contributed by atoms with Gasteiger partial charge >= 0.3 is 0 Å². The van der Waals surface area contributed by atoms with E-state index in [9.17, 15) is 4.79 Å². The fraction of sp³-hybridized carbons (Fsp3) is 0.0625. The predicted molar refractivity (Wildman–Crippen MR) is 84.0 cm³/mol. The number of carbonyl (C=O) groups excluding carboxylic acids is 1. The molecule has 0 spiro atoms. The summed E-state index contributed by atoms with van der Waals surface area (Å²) in [4.78, 5) is 20.3. The number of hydrogen-bond donors (Lipinski definition) is 1. The van der Waals surface area contributed by atoms with Crippen molar-refractivity contribution in [3.05, 3.63) is 77.5 Å². The Bertz CT molecular complexity index is 752. The molecular formula is C16H13ClN4O. The van der Waals surface area contributed by atoms with Gasteiger partial charge in [0.15, 0.2) is 0 Å². The summed E-state index contributed by atoms with van der Waals surface area (Å²) in [6.45, 7) is 0.444. The van der Waals surface area contributed by atoms with Crippen LogP contribution in [0.1, 0.15) is 15.9 Å². The number of benzene rings is 1. The van der Waals surface area contributed by atoms with Crippen LogP contribution < -0.4 is 5.32 Å². The van der Waals surface area contributed by atoms with Gasteiger partial charge in [-0.2, -0.15) is 0 Å². The molecule has 22 heavy (non-hydrogen) atoms. The van der Waals surface area contributed by atoms with E-state index in [-0.39, 0.29) is 5.91 Å². The molecular weight excluding hydrogens is 300 g/mol. The lowest BCUT2D eigenvalue weighted by Crippen LogP contribution is -2.22. The summed E-state index contributed by atoms with van der Waals surface area (Å²) in [5.41, 5.74) is 1.50. The molecule has 3 aromatic rings. The van der Waals surface area contributed by atoms with Crippen molar-refractivity contribution < 1.29 is 4.79 Å². The van der Waals surface area contributed by atoms with E-state index in [1.54, 1.807) is 53.8 Å². The number of halogens is 1. The Morgan fingerprint density at radius 2 is 2.00 bits per heavy atom. The van der Waals surface area contributed by atoms with Gasteiger partial charge in [-0.25, -0.2) is 9.97 Å². The Balaban J connectivity index is 1.63. The molecule has 1 aromatic carbocycles. The molecule has 0 unspecified atom stereocenters. The lowest BCUT2D eigenvalue weighted by Gasteiger charge is -2.06. The maximum Gasteiger partial charge on any atom is 0.253 e. The molecule has 3 rings (SSSR count). The summed E-state index contributed by atoms with van der Waals surface area (Å²) in [6.07, 6.45) is 6.67. The van der Waals surface area contributed by atoms with E-state index in [0.717, 1.165) is 5.56 Å². The van der Waals surface area contributed by atoms with Crippen molar-refractivity contribution in [2.75, 3.05) is 0 Å². The molecule has 2 aromatic heterocycles. The van der Waals surface area contributed by atoms with Crippen molar-refractivity contribution in [1.29, 1.82) is 0 Å². The zero-order valence-electron chi connectivity index (χ0n) is 11.6. The highest BCUT2D eigenvalue weighted by molar-refractivity contribution is 6.30. The Morgan fingerprint density at radius 1 is 1.18 bits per heavy atom. The summed E-state index contributed by atoms with van der Waals surface area (Å²) in [5, 5.41) is 3.52. The van der Waals surface area contributed by atoms with Crippen LogP contribution >= 0.6 is 11.6 Å². The Kier molecular flexibility index (Phi) is 4.16. The molecule has 1 N–H and O–H groups in total. The quantitative estimate of drug-likeness (QED) is 0.806. The molecule has 5 nitrogen and oxygen atoms in total. The SMILES string of the molecule is O=C(NCc1ccc(Cl)cc1)c1ccc(-n2ccnc2)nc1. The third-order valence-electron chi connectivity index (χ3n) is 3.15. The molecule has 0 aliphatic heterocycles. The van der Waals surface area contributed by atoms with Crippen LogP contribution in [0.25, 0.3) is 5.82 Å². The first-order valence-corrected chi connectivity index (χ1v) is 7.07. The van der Waals surface area contributed by atoms with Gasteiger partial charge in [0, 0.05) is 30.2 Å². The third kappa shape index (κ3) is 3.32. The van der Waals surface area contributed by atoms with E-state index in [2.05, 4.69) is 15.3 Å². The molecule has 0 radical (unpaired) electrons. The summed E-state index contributed by atoms with van der Waals surface area (Å²) in [7, 11) is 0. The average molecular weight is 313 g/mol. The van der Waals surface area contributed by atoms with Gasteiger partial charge < -0.3 is 5.32 Å². The molecule has 6 heteroatoms. The first-order valence-electron chi connectivity index (χ1n) is 6.69. The van der Waals surface area contributed by atoms with Gasteiger partial charge in [0.2, 0.25) is 0 Å². The van der Waals surface area contributed by atoms with Crippen molar-refractivity contribution in [2.45, 2.75) is 6.54 Å². The second-order valence-electron chi connectivity index (χ2n) is 4.68. The first kappa shape index (κ1) is 14.3. The number of carbonyl (C=O) groups is 1. The minimum Gasteiger partial charge on any atom is -0.348 e. The van der Waals surface area contributed by atoms with Gasteiger partial charge in [-0.3, -0.25) is 9.36 Å². The number of amides is 1. The van der Waals surface area contributed by atoms with Crippen molar-refractivity contribution in [1.82, 2.24) is 19.9 Å². The van der Waals surface area contributed by atoms with Crippen molar-refractivity contribution in [3.63, 3.8) is 0 Å². The van der Waals surface area contributed by atoms with Crippen LogP contribution in [-0.4, -0.2) is 20.4 Å². The highest BCUT2D eigenvalue weighted by Gasteiger charge is 2.06. The maximum atomic E-state index is 12.1. The molecule has 2 heterocycles. The topological polar surface area (TPSA) is 59.8 Å². The van der Waals surface area contributed by atoms with E-state index in [1.807, 2.05) is 12.1 Å². The number of imidazole rings is 1. The number of hydrogen-bond acceptors (Lipinski definition) is 3. The molecule has 110 valence electrons. The first-order chi connectivity index (χ1) is 10.7. The second-order valence-corrected chi connectivity index (χ2v) is 5.12. The van der Waals surface area contributed by atoms with Gasteiger partial charge in [-0.15, -0.1) is 0 Å². The fourth-order valence-electron chi connectivity index (χ4n) is 1.95. The van der Waals surface area contributed by atoms with Crippen LogP contribution in [0.2, 0.25) is 5.02 Å². The normalized spacial score (nSPS) is 10.4. The summed E-state index contributed by atoms with van der Waals surface area (Å²) in [6, 6.07) is 10.9. The lowest BCUT2D eigenvalue weighted by molar-refractivity contribution is 0.0950. The standard InChI is InChI=1S/C16H13ClN4O/c17-14-4-1-12(2-5-14)9-20-16(22)13-3-6-15(19-10-13)21-8-7-18-11-21/h1-8,10-11H,9H2,(H,20,22). The molecule has 0 aliphatic rings. The van der Waals surface area contributed by atoms with Crippen molar-refractivity contribution in [3.8, 4) is 5.82 Å². The van der Waals surface area contributed by atoms with Gasteiger partial charge in [0.1, 0.15) is 12.1 Å². The lowest BCUT2D eigenvalue weighted by atomic mass is 10.2. The molecule has 0 saturated carbocycles. The van der Waals surface area contributed by atoms with Gasteiger partial charge in [-0.1, -0.05) is 23.7 Å². The van der Waals surface area contributed by atoms with Crippen LogP contribution in [0.5, 0.6) is 0 Å². The van der Waals surface area contributed by atoms with Crippen molar-refractivity contribution >= 4 is 17.5 Å². The highest BCUT2D eigenvalue weighted by Crippen LogP contribution is 2.10. The number of aromatic nitrogens is 3. The van der Waals surface area contributed by atoms with E-state index in [4.69, 9.17) is 11.6 Å². The minimum absolute atomic E-state index is 0.167. The van der Waals surface area contributed by atoms with Crippen LogP contribution in [0, 0.1) is 0 Å². The predicted octanol–water partition coefficient (Wildman–Crippen LogP) is 2.85. The monoisotopic (exact) mass is 312 g/mol. The Hall–Kier alpha value is -2.66. The van der Waals surface area contributed by atoms with Crippen LogP contribution in [0.15, 0.2) is 61.3 Å². The fourth-order valence-corrected chi connectivity index (χ4v) is 2.08. The third-order valence-corrected chi connectivity index (χ3v) is 3.40. The van der Waals surface area contributed by atoms with Crippen molar-refractivity contribution in [2.24, 2.45) is 0 Å². The second kappa shape index (κ2) is 6.41. The van der Waals surface area contributed by atoms with E-state index in [1.165, 1.54) is 0 Å². The largest absolute Gasteiger partial charge is 0.348 e. The molecule has 0 aliphatic carbocycles. The Labute approximate surface area is 132 Å². The summed E-state index contributed by atoms with van der Waals surface area (Å²) >= 11 is 5.83. The molecule has 0 fully saturated rings. The summed E-state index contributed by atoms with van der Waals surface area (Å²) < 4.78 is 1.77. The van der Waals surface area contributed by atoms with E-state index in [0.29, 0.717) is 22.9 Å². The van der Waals surface area contributed by atoms with Crippen LogP contribution in [-0.2, 0) is 6.54 Å². The van der Waals surface area contributed by atoms with E-state index >= 15 is 0 Å². The number of nitrogens with zero attached hydrogens (tertiary/aromatic N) is 3. The van der Waals surface area contributed by atoms with Crippen LogP contribution in [0.4, 0.5) is 0 Å². The van der Waals surface area contributed by atoms with Gasteiger partial charge in [-0.05, 0) is 29.8 Å². The van der Waals surface area contributed by atoms with Gasteiger partial charge in [0.25, 0.3) is 5.91 Å². The average Bonchev–Trinajstić information content (AvgIpc) is 3.09. The zero-order valence-corrected chi connectivity index (χ0v) is 12.4. The smallest absolute Gasteiger partial charge is 0.253 e. The molecule has 0 bridgehead atoms. The Morgan fingerprint density at radius 3 is 2.64 bits per heavy atom. The van der Waals surface area contributed by atoms with Crippen LogP contribution in [0.3, 0.4) is 0 Å². The minimum atomic E-state index is -0.167. The number of nitrogens with one attached hydrogen (secondary N) is 1. The van der Waals surface area contributed by atoms with Gasteiger partial charge in [0.05, 0.1) is 5.56 Å².